The van der Waals surface area contributed by atoms with Crippen LogP contribution in [0.2, 0.25) is 0 Å². The van der Waals surface area contributed by atoms with Gasteiger partial charge in [-0.05, 0) is 85.5 Å². The molecule has 1 saturated carbocycles. The first-order valence-corrected chi connectivity index (χ1v) is 11.9. The number of benzene rings is 2. The first-order valence-electron chi connectivity index (χ1n) is 11.9. The van der Waals surface area contributed by atoms with E-state index in [0.717, 1.165) is 37.4 Å². The maximum Gasteiger partial charge on any atom is 0.203 e. The Hall–Kier alpha value is -2.40. The molecule has 0 amide bonds. The zero-order valence-electron chi connectivity index (χ0n) is 19.5. The topological polar surface area (TPSA) is 51.2 Å². The van der Waals surface area contributed by atoms with Crippen LogP contribution in [-0.2, 0) is 18.3 Å². The average Bonchev–Trinajstić information content (AvgIpc) is 2.83. The zero-order valence-corrected chi connectivity index (χ0v) is 19.5. The van der Waals surface area contributed by atoms with Crippen LogP contribution in [-0.4, -0.2) is 50.5 Å². The number of phenols is 1. The van der Waals surface area contributed by atoms with Crippen LogP contribution in [0.1, 0.15) is 48.8 Å². The van der Waals surface area contributed by atoms with Crippen molar-refractivity contribution in [3.05, 3.63) is 47.0 Å². The van der Waals surface area contributed by atoms with Gasteiger partial charge in [-0.25, -0.2) is 0 Å². The summed E-state index contributed by atoms with van der Waals surface area (Å²) in [5, 5.41) is 10.2. The second kappa shape index (κ2) is 8.51. The van der Waals surface area contributed by atoms with Gasteiger partial charge in [0.1, 0.15) is 5.75 Å². The monoisotopic (exact) mass is 437 g/mol. The molecule has 3 aliphatic rings. The second-order valence-electron chi connectivity index (χ2n) is 9.69. The van der Waals surface area contributed by atoms with Crippen molar-refractivity contribution in [3.8, 4) is 23.0 Å². The Bertz CT molecular complexity index is 965. The van der Waals surface area contributed by atoms with Crippen molar-refractivity contribution in [2.45, 2.75) is 56.4 Å². The molecule has 0 aromatic heterocycles. The first-order chi connectivity index (χ1) is 15.6. The minimum Gasteiger partial charge on any atom is -0.508 e. The van der Waals surface area contributed by atoms with Crippen LogP contribution in [0.4, 0.5) is 0 Å². The number of hydrogen-bond acceptors (Lipinski definition) is 5. The molecule has 1 aliphatic heterocycles. The lowest BCUT2D eigenvalue weighted by Gasteiger charge is -2.59. The summed E-state index contributed by atoms with van der Waals surface area (Å²) in [5.74, 6) is 3.21. The van der Waals surface area contributed by atoms with Gasteiger partial charge in [0.2, 0.25) is 5.75 Å². The molecule has 5 rings (SSSR count). The molecule has 1 heterocycles. The van der Waals surface area contributed by atoms with Crippen molar-refractivity contribution in [1.29, 1.82) is 0 Å². The van der Waals surface area contributed by atoms with Crippen molar-refractivity contribution in [1.82, 2.24) is 4.90 Å². The van der Waals surface area contributed by atoms with E-state index in [1.807, 2.05) is 6.07 Å². The number of piperidine rings is 1. The van der Waals surface area contributed by atoms with E-state index < -0.39 is 0 Å². The molecule has 0 spiro atoms. The number of rotatable bonds is 6. The summed E-state index contributed by atoms with van der Waals surface area (Å²) in [7, 11) is 4.99. The minimum absolute atomic E-state index is 0.262. The maximum atomic E-state index is 10.2. The van der Waals surface area contributed by atoms with Crippen LogP contribution in [0.15, 0.2) is 30.3 Å². The second-order valence-corrected chi connectivity index (χ2v) is 9.69. The number of nitrogens with zero attached hydrogens (tertiary/aromatic N) is 1. The van der Waals surface area contributed by atoms with Crippen LogP contribution < -0.4 is 14.2 Å². The molecule has 5 nitrogen and oxygen atoms in total. The third-order valence-corrected chi connectivity index (χ3v) is 8.35. The quantitative estimate of drug-likeness (QED) is 0.709. The first kappa shape index (κ1) is 21.4. The molecule has 2 fully saturated rings. The van der Waals surface area contributed by atoms with Gasteiger partial charge in [-0.1, -0.05) is 18.9 Å². The van der Waals surface area contributed by atoms with Gasteiger partial charge in [0.05, 0.1) is 21.3 Å². The Balaban J connectivity index is 1.40. The summed E-state index contributed by atoms with van der Waals surface area (Å²) in [5.41, 5.74) is 4.37. The molecule has 5 heteroatoms. The van der Waals surface area contributed by atoms with Crippen LogP contribution >= 0.6 is 0 Å². The van der Waals surface area contributed by atoms with Crippen molar-refractivity contribution in [2.75, 3.05) is 34.4 Å². The predicted octanol–water partition coefficient (Wildman–Crippen LogP) is 4.72. The number of aromatic hydroxyl groups is 1. The average molecular weight is 438 g/mol. The number of likely N-dealkylation sites (tertiary alicyclic amines) is 1. The summed E-state index contributed by atoms with van der Waals surface area (Å²) in [4.78, 5) is 2.73. The molecule has 2 aliphatic carbocycles. The highest BCUT2D eigenvalue weighted by atomic mass is 16.5. The number of methoxy groups -OCH3 is 3. The van der Waals surface area contributed by atoms with E-state index >= 15 is 0 Å². The number of ether oxygens (including phenoxy) is 3. The molecule has 3 atom stereocenters. The summed E-state index contributed by atoms with van der Waals surface area (Å²) < 4.78 is 16.6. The van der Waals surface area contributed by atoms with Crippen LogP contribution in [0.25, 0.3) is 0 Å². The third-order valence-electron chi connectivity index (χ3n) is 8.35. The summed E-state index contributed by atoms with van der Waals surface area (Å²) >= 11 is 0. The van der Waals surface area contributed by atoms with Crippen LogP contribution in [0.5, 0.6) is 23.0 Å². The highest BCUT2D eigenvalue weighted by Gasteiger charge is 2.53. The Morgan fingerprint density at radius 1 is 1.00 bits per heavy atom. The molecule has 2 aromatic carbocycles. The molecule has 32 heavy (non-hydrogen) atoms. The summed E-state index contributed by atoms with van der Waals surface area (Å²) in [6.45, 7) is 2.16. The highest BCUT2D eigenvalue weighted by molar-refractivity contribution is 5.54. The minimum atomic E-state index is 0.262. The van der Waals surface area contributed by atoms with E-state index in [-0.39, 0.29) is 5.41 Å². The fraction of sp³-hybridized carbons (Fsp3) is 0.556. The lowest BCUT2D eigenvalue weighted by molar-refractivity contribution is -0.0107. The highest BCUT2D eigenvalue weighted by Crippen LogP contribution is 2.56. The fourth-order valence-electron chi connectivity index (χ4n) is 6.90. The van der Waals surface area contributed by atoms with E-state index in [9.17, 15) is 5.11 Å². The van der Waals surface area contributed by atoms with Gasteiger partial charge in [0.15, 0.2) is 11.5 Å². The molecule has 1 saturated heterocycles. The van der Waals surface area contributed by atoms with E-state index in [1.165, 1.54) is 48.8 Å². The Morgan fingerprint density at radius 3 is 2.50 bits per heavy atom. The smallest absolute Gasteiger partial charge is 0.203 e. The lowest BCUT2D eigenvalue weighted by atomic mass is 9.52. The Kier molecular flexibility index (Phi) is 5.70. The SMILES string of the molecule is COc1cc(CCN2CC[C@@]34CCCC[C@H]3[C@@H]2Cc2ccc(O)cc24)cc(OC)c1OC. The van der Waals surface area contributed by atoms with Gasteiger partial charge in [-0.15, -0.1) is 0 Å². The molecule has 2 aromatic rings. The lowest BCUT2D eigenvalue weighted by Crippen LogP contribution is -2.61. The molecule has 2 bridgehead atoms. The van der Waals surface area contributed by atoms with Gasteiger partial charge in [0, 0.05) is 18.0 Å². The normalized spacial score (nSPS) is 26.7. The third kappa shape index (κ3) is 3.42. The number of phenolic OH excluding ortho intramolecular Hbond substituents is 1. The van der Waals surface area contributed by atoms with Gasteiger partial charge < -0.3 is 19.3 Å². The van der Waals surface area contributed by atoms with Gasteiger partial charge >= 0.3 is 0 Å². The molecule has 0 unspecified atom stereocenters. The molecule has 1 N–H and O–H groups in total. The largest absolute Gasteiger partial charge is 0.508 e. The van der Waals surface area contributed by atoms with Gasteiger partial charge in [-0.3, -0.25) is 4.90 Å². The van der Waals surface area contributed by atoms with Gasteiger partial charge in [0.25, 0.3) is 0 Å². The van der Waals surface area contributed by atoms with Crippen molar-refractivity contribution < 1.29 is 19.3 Å². The molecule has 0 radical (unpaired) electrons. The summed E-state index contributed by atoms with van der Waals surface area (Å²) in [6.07, 6.45) is 8.46. The fourth-order valence-corrected chi connectivity index (χ4v) is 6.90. The number of fused-ring (bicyclic) bond motifs is 1. The van der Waals surface area contributed by atoms with E-state index in [2.05, 4.69) is 29.2 Å². The predicted molar refractivity (Wildman–Crippen MR) is 125 cm³/mol. The standard InChI is InChI=1S/C27H35NO4/c1-30-24-14-18(15-25(31-2)26(24)32-3)9-12-28-13-11-27-10-5-4-6-21(27)23(28)16-19-7-8-20(29)17-22(19)27/h7-8,14-15,17,21,23,29H,4-6,9-13,16H2,1-3H3/t21-,23-,27-/m0/s1. The molecular formula is C27H35NO4. The Morgan fingerprint density at radius 2 is 1.78 bits per heavy atom. The Labute approximate surface area is 191 Å². The molecule has 172 valence electrons. The number of hydrogen-bond donors (Lipinski definition) is 1. The van der Waals surface area contributed by atoms with Crippen LogP contribution in [0.3, 0.4) is 0 Å². The van der Waals surface area contributed by atoms with Crippen LogP contribution in [0, 0.1) is 5.92 Å². The van der Waals surface area contributed by atoms with Crippen molar-refractivity contribution >= 4 is 0 Å². The maximum absolute atomic E-state index is 10.2. The van der Waals surface area contributed by atoms with E-state index in [0.29, 0.717) is 23.5 Å². The zero-order chi connectivity index (χ0) is 22.3. The van der Waals surface area contributed by atoms with Crippen molar-refractivity contribution in [2.24, 2.45) is 5.92 Å². The summed E-state index contributed by atoms with van der Waals surface area (Å²) in [6, 6.07) is 10.9. The van der Waals surface area contributed by atoms with E-state index in [4.69, 9.17) is 14.2 Å². The van der Waals surface area contributed by atoms with Crippen molar-refractivity contribution in [3.63, 3.8) is 0 Å². The van der Waals surface area contributed by atoms with E-state index in [1.54, 1.807) is 21.3 Å². The molecular weight excluding hydrogens is 402 g/mol. The van der Waals surface area contributed by atoms with Gasteiger partial charge in [-0.2, -0.15) is 0 Å².